The lowest BCUT2D eigenvalue weighted by atomic mass is 10.2. The maximum atomic E-state index is 12.2. The topological polar surface area (TPSA) is 64.6 Å². The van der Waals surface area contributed by atoms with Crippen molar-refractivity contribution in [2.75, 3.05) is 13.2 Å². The molecule has 1 aliphatic rings. The van der Waals surface area contributed by atoms with Gasteiger partial charge in [-0.05, 0) is 24.0 Å². The SMILES string of the molecule is CC(C)CO[P+]([O-])=C1C=CC=CC1=[P+]([O-])OCC(C)C. The van der Waals surface area contributed by atoms with E-state index in [0.29, 0.717) is 35.6 Å². The van der Waals surface area contributed by atoms with E-state index in [9.17, 15) is 9.79 Å². The molecule has 0 saturated heterocycles. The van der Waals surface area contributed by atoms with E-state index < -0.39 is 16.0 Å². The molecule has 2 unspecified atom stereocenters. The van der Waals surface area contributed by atoms with Crippen LogP contribution in [0.1, 0.15) is 27.7 Å². The Morgan fingerprint density at radius 1 is 0.850 bits per heavy atom. The van der Waals surface area contributed by atoms with Gasteiger partial charge < -0.3 is 9.79 Å². The molecule has 0 heterocycles. The zero-order valence-electron chi connectivity index (χ0n) is 12.4. The summed E-state index contributed by atoms with van der Waals surface area (Å²) in [5.74, 6) is 0.596. The molecule has 0 aromatic heterocycles. The van der Waals surface area contributed by atoms with Crippen molar-refractivity contribution in [1.29, 1.82) is 0 Å². The van der Waals surface area contributed by atoms with E-state index in [-0.39, 0.29) is 0 Å². The van der Waals surface area contributed by atoms with Crippen molar-refractivity contribution in [3.8, 4) is 0 Å². The molecule has 0 N–H and O–H groups in total. The number of hydrogen-bond acceptors (Lipinski definition) is 4. The van der Waals surface area contributed by atoms with Crippen LogP contribution in [0, 0.1) is 11.8 Å². The molecule has 1 rings (SSSR count). The first-order chi connectivity index (χ1) is 9.41. The normalized spacial score (nSPS) is 20.0. The van der Waals surface area contributed by atoms with E-state index in [1.165, 1.54) is 0 Å². The summed E-state index contributed by atoms with van der Waals surface area (Å²) in [4.78, 5) is 24.3. The largest absolute Gasteiger partial charge is 0.602 e. The van der Waals surface area contributed by atoms with Crippen molar-refractivity contribution in [3.63, 3.8) is 0 Å². The first-order valence-corrected chi connectivity index (χ1v) is 9.06. The second kappa shape index (κ2) is 8.84. The third kappa shape index (κ3) is 5.97. The van der Waals surface area contributed by atoms with Gasteiger partial charge in [-0.3, -0.25) is 0 Å². The molecule has 0 saturated carbocycles. The summed E-state index contributed by atoms with van der Waals surface area (Å²) in [6.45, 7) is 8.77. The lowest BCUT2D eigenvalue weighted by Gasteiger charge is -2.08. The van der Waals surface area contributed by atoms with Gasteiger partial charge in [0.2, 0.25) is 26.6 Å². The van der Waals surface area contributed by atoms with Gasteiger partial charge in [0.05, 0.1) is 0 Å². The van der Waals surface area contributed by atoms with Crippen molar-refractivity contribution < 1.29 is 18.8 Å². The molecule has 1 aliphatic carbocycles. The van der Waals surface area contributed by atoms with Crippen LogP contribution < -0.4 is 9.79 Å². The molecule has 0 aromatic rings. The molecule has 2 atom stereocenters. The summed E-state index contributed by atoms with van der Waals surface area (Å²) in [5.41, 5.74) is 0. The van der Waals surface area contributed by atoms with E-state index in [1.807, 2.05) is 27.7 Å². The van der Waals surface area contributed by atoms with E-state index in [1.54, 1.807) is 24.3 Å². The maximum Gasteiger partial charge on any atom is 0.233 e. The smallest absolute Gasteiger partial charge is 0.233 e. The molecule has 0 aromatic carbocycles. The highest BCUT2D eigenvalue weighted by atomic mass is 31.1. The summed E-state index contributed by atoms with van der Waals surface area (Å²) in [6.07, 6.45) is 6.88. The second-order valence-electron chi connectivity index (χ2n) is 5.38. The van der Waals surface area contributed by atoms with Gasteiger partial charge in [-0.2, -0.15) is 9.05 Å². The molecular formula is C14H22O4P2. The Morgan fingerprint density at radius 3 is 1.50 bits per heavy atom. The molecule has 112 valence electrons. The molecule has 0 radical (unpaired) electrons. The van der Waals surface area contributed by atoms with Gasteiger partial charge in [-0.15, -0.1) is 0 Å². The zero-order valence-corrected chi connectivity index (χ0v) is 14.2. The highest BCUT2D eigenvalue weighted by Crippen LogP contribution is 2.27. The summed E-state index contributed by atoms with van der Waals surface area (Å²) < 4.78 is 10.7. The molecule has 0 fully saturated rings. The van der Waals surface area contributed by atoms with Crippen molar-refractivity contribution >= 4 is 26.6 Å². The van der Waals surface area contributed by atoms with Crippen LogP contribution in [0.3, 0.4) is 0 Å². The van der Waals surface area contributed by atoms with Gasteiger partial charge in [-0.25, -0.2) is 0 Å². The van der Waals surface area contributed by atoms with Crippen molar-refractivity contribution in [1.82, 2.24) is 0 Å². The van der Waals surface area contributed by atoms with Crippen LogP contribution >= 0.6 is 16.0 Å². The Hall–Kier alpha value is -0.340. The van der Waals surface area contributed by atoms with E-state index in [4.69, 9.17) is 9.05 Å². The van der Waals surface area contributed by atoms with E-state index >= 15 is 0 Å². The van der Waals surface area contributed by atoms with Gasteiger partial charge >= 0.3 is 0 Å². The van der Waals surface area contributed by atoms with Crippen molar-refractivity contribution in [2.45, 2.75) is 27.7 Å². The first kappa shape index (κ1) is 17.7. The molecule has 20 heavy (non-hydrogen) atoms. The van der Waals surface area contributed by atoms with E-state index in [0.717, 1.165) is 0 Å². The molecule has 0 aliphatic heterocycles. The van der Waals surface area contributed by atoms with E-state index in [2.05, 4.69) is 0 Å². The molecular weight excluding hydrogens is 294 g/mol. The van der Waals surface area contributed by atoms with Gasteiger partial charge in [0.25, 0.3) is 0 Å². The summed E-state index contributed by atoms with van der Waals surface area (Å²) in [6, 6.07) is 0. The maximum absolute atomic E-state index is 12.2. The summed E-state index contributed by atoms with van der Waals surface area (Å²) in [5, 5.41) is 0.932. The molecule has 4 nitrogen and oxygen atoms in total. The minimum atomic E-state index is -2.00. The third-order valence-electron chi connectivity index (χ3n) is 2.33. The van der Waals surface area contributed by atoms with Crippen LogP contribution in [-0.2, 0) is 9.05 Å². The van der Waals surface area contributed by atoms with Gasteiger partial charge in [0.15, 0.2) is 0 Å². The fourth-order valence-electron chi connectivity index (χ4n) is 1.35. The number of hydrogen-bond donors (Lipinski definition) is 0. The van der Waals surface area contributed by atoms with Crippen LogP contribution in [0.2, 0.25) is 0 Å². The van der Waals surface area contributed by atoms with Crippen LogP contribution in [0.4, 0.5) is 0 Å². The lowest BCUT2D eigenvalue weighted by Crippen LogP contribution is -2.18. The third-order valence-corrected chi connectivity index (χ3v) is 4.84. The highest BCUT2D eigenvalue weighted by Gasteiger charge is 2.24. The zero-order chi connectivity index (χ0) is 15.1. The fourth-order valence-corrected chi connectivity index (χ4v) is 3.92. The van der Waals surface area contributed by atoms with Crippen molar-refractivity contribution in [2.24, 2.45) is 11.8 Å². The minimum absolute atomic E-state index is 0.298. The number of rotatable bonds is 6. The Balaban J connectivity index is 2.91. The monoisotopic (exact) mass is 316 g/mol. The standard InChI is InChI=1S/C14H22O4P2/c1-11(2)9-17-19(15)13-7-5-6-8-14(13)20(16)18-10-12(3)4/h5-8,11-12H,9-10H2,1-4H3. The Kier molecular flexibility index (Phi) is 7.83. The Labute approximate surface area is 123 Å². The second-order valence-corrected chi connectivity index (χ2v) is 7.89. The van der Waals surface area contributed by atoms with Crippen LogP contribution in [-0.4, -0.2) is 23.8 Å². The summed E-state index contributed by atoms with van der Waals surface area (Å²) in [7, 11) is -4.00. The van der Waals surface area contributed by atoms with Crippen LogP contribution in [0.5, 0.6) is 0 Å². The lowest BCUT2D eigenvalue weighted by molar-refractivity contribution is -0.174. The fraction of sp³-hybridized carbons (Fsp3) is 0.571. The highest BCUT2D eigenvalue weighted by molar-refractivity contribution is 7.59. The average molecular weight is 316 g/mol. The van der Waals surface area contributed by atoms with Gasteiger partial charge in [-0.1, -0.05) is 39.8 Å². The number of allylic oxidation sites excluding steroid dienone is 4. The average Bonchev–Trinajstić information content (AvgIpc) is 2.42. The quantitative estimate of drug-likeness (QED) is 0.704. The van der Waals surface area contributed by atoms with Gasteiger partial charge in [0, 0.05) is 0 Å². The van der Waals surface area contributed by atoms with Crippen LogP contribution in [0.25, 0.3) is 0 Å². The predicted molar refractivity (Wildman–Crippen MR) is 83.7 cm³/mol. The molecule has 0 spiro atoms. The molecule has 6 heteroatoms. The first-order valence-electron chi connectivity index (χ1n) is 6.71. The Bertz CT molecular complexity index is 406. The molecule has 0 amide bonds. The summed E-state index contributed by atoms with van der Waals surface area (Å²) >= 11 is 0. The van der Waals surface area contributed by atoms with Gasteiger partial charge in [0.1, 0.15) is 13.2 Å². The molecule has 0 bridgehead atoms. The predicted octanol–water partition coefficient (Wildman–Crippen LogP) is 2.15. The van der Waals surface area contributed by atoms with Crippen molar-refractivity contribution in [3.05, 3.63) is 24.3 Å². The minimum Gasteiger partial charge on any atom is -0.602 e. The van der Waals surface area contributed by atoms with Crippen LogP contribution in [0.15, 0.2) is 24.3 Å². The Morgan fingerprint density at radius 2 is 1.20 bits per heavy atom.